The fourth-order valence-electron chi connectivity index (χ4n) is 3.40. The number of carbonyl (C=O) groups excluding carboxylic acids is 1. The smallest absolute Gasteiger partial charge is 0.226 e. The maximum atomic E-state index is 12.6. The van der Waals surface area contributed by atoms with E-state index in [9.17, 15) is 9.90 Å². The van der Waals surface area contributed by atoms with Crippen LogP contribution in [0, 0.1) is 5.92 Å². The molecule has 0 aromatic carbocycles. The number of hydrogen-bond acceptors (Lipinski definition) is 4. The summed E-state index contributed by atoms with van der Waals surface area (Å²) in [6.45, 7) is 2.78. The fraction of sp³-hybridized carbons (Fsp3) is 0.562. The highest BCUT2D eigenvalue weighted by atomic mass is 16.3. The third-order valence-electron chi connectivity index (χ3n) is 4.83. The second-order valence-electron chi connectivity index (χ2n) is 6.50. The van der Waals surface area contributed by atoms with E-state index in [0.29, 0.717) is 25.9 Å². The number of rotatable bonds is 3. The SMILES string of the molecule is O=C(C1CC(O)C1)N1CCCn2nnc(Cn3cccc3)c2C1. The summed E-state index contributed by atoms with van der Waals surface area (Å²) >= 11 is 0. The third kappa shape index (κ3) is 2.76. The zero-order valence-electron chi connectivity index (χ0n) is 13.0. The molecule has 1 aliphatic heterocycles. The van der Waals surface area contributed by atoms with Gasteiger partial charge in [-0.25, -0.2) is 4.68 Å². The van der Waals surface area contributed by atoms with Gasteiger partial charge in [-0.3, -0.25) is 4.79 Å². The van der Waals surface area contributed by atoms with Gasteiger partial charge in [0.1, 0.15) is 5.69 Å². The molecule has 7 heteroatoms. The van der Waals surface area contributed by atoms with Crippen molar-refractivity contribution in [2.24, 2.45) is 5.92 Å². The minimum Gasteiger partial charge on any atom is -0.393 e. The van der Waals surface area contributed by atoms with E-state index in [-0.39, 0.29) is 17.9 Å². The summed E-state index contributed by atoms with van der Waals surface area (Å²) in [6.07, 6.45) is 5.79. The quantitative estimate of drug-likeness (QED) is 0.901. The number of aryl methyl sites for hydroxylation is 1. The Bertz CT molecular complexity index is 687. The lowest BCUT2D eigenvalue weighted by atomic mass is 9.81. The normalized spacial score (nSPS) is 24.0. The van der Waals surface area contributed by atoms with Gasteiger partial charge in [0.05, 0.1) is 24.9 Å². The van der Waals surface area contributed by atoms with Gasteiger partial charge in [-0.05, 0) is 31.4 Å². The van der Waals surface area contributed by atoms with Gasteiger partial charge in [0, 0.05) is 31.4 Å². The van der Waals surface area contributed by atoms with Crippen molar-refractivity contribution in [2.75, 3.05) is 6.54 Å². The number of hydrogen-bond donors (Lipinski definition) is 1. The Balaban J connectivity index is 1.53. The van der Waals surface area contributed by atoms with Crippen LogP contribution in [-0.2, 0) is 24.4 Å². The zero-order chi connectivity index (χ0) is 15.8. The largest absolute Gasteiger partial charge is 0.393 e. The maximum Gasteiger partial charge on any atom is 0.226 e. The lowest BCUT2D eigenvalue weighted by molar-refractivity contribution is -0.143. The van der Waals surface area contributed by atoms with E-state index in [1.54, 1.807) is 0 Å². The summed E-state index contributed by atoms with van der Waals surface area (Å²) in [5, 5.41) is 18.0. The molecule has 0 saturated heterocycles. The van der Waals surface area contributed by atoms with Gasteiger partial charge < -0.3 is 14.6 Å². The van der Waals surface area contributed by atoms with Crippen molar-refractivity contribution in [1.29, 1.82) is 0 Å². The maximum absolute atomic E-state index is 12.6. The molecule has 7 nitrogen and oxygen atoms in total. The first-order valence-electron chi connectivity index (χ1n) is 8.19. The van der Waals surface area contributed by atoms with Crippen LogP contribution in [0.5, 0.6) is 0 Å². The lowest BCUT2D eigenvalue weighted by Crippen LogP contribution is -2.43. The summed E-state index contributed by atoms with van der Waals surface area (Å²) in [6, 6.07) is 3.97. The van der Waals surface area contributed by atoms with E-state index in [2.05, 4.69) is 14.9 Å². The standard InChI is InChI=1S/C16H21N5O2/c22-13-8-12(9-13)16(23)20-6-3-7-21-15(11-20)14(17-18-21)10-19-4-1-2-5-19/h1-2,4-5,12-13,22H,3,6-11H2. The first kappa shape index (κ1) is 14.4. The predicted octanol–water partition coefficient (Wildman–Crippen LogP) is 0.631. The molecule has 1 saturated carbocycles. The Hall–Kier alpha value is -2.15. The second kappa shape index (κ2) is 5.81. The first-order chi connectivity index (χ1) is 11.2. The van der Waals surface area contributed by atoms with Gasteiger partial charge in [0.25, 0.3) is 0 Å². The molecule has 0 bridgehead atoms. The molecule has 0 atom stereocenters. The van der Waals surface area contributed by atoms with Crippen LogP contribution >= 0.6 is 0 Å². The van der Waals surface area contributed by atoms with Crippen LogP contribution < -0.4 is 0 Å². The molecule has 2 aliphatic rings. The van der Waals surface area contributed by atoms with Gasteiger partial charge in [-0.2, -0.15) is 0 Å². The summed E-state index contributed by atoms with van der Waals surface area (Å²) in [5.74, 6) is 0.150. The van der Waals surface area contributed by atoms with Crippen molar-refractivity contribution < 1.29 is 9.90 Å². The van der Waals surface area contributed by atoms with Crippen molar-refractivity contribution in [2.45, 2.75) is 45.0 Å². The van der Waals surface area contributed by atoms with Gasteiger partial charge >= 0.3 is 0 Å². The molecular weight excluding hydrogens is 294 g/mol. The summed E-state index contributed by atoms with van der Waals surface area (Å²) < 4.78 is 3.99. The molecule has 1 amide bonds. The molecule has 1 fully saturated rings. The van der Waals surface area contributed by atoms with E-state index in [1.165, 1.54) is 0 Å². The molecule has 3 heterocycles. The van der Waals surface area contributed by atoms with Gasteiger partial charge in [-0.15, -0.1) is 5.10 Å². The van der Waals surface area contributed by atoms with Crippen LogP contribution in [0.1, 0.15) is 30.7 Å². The molecule has 2 aromatic heterocycles. The summed E-state index contributed by atoms with van der Waals surface area (Å²) in [5.41, 5.74) is 1.96. The summed E-state index contributed by atoms with van der Waals surface area (Å²) in [4.78, 5) is 14.5. The molecule has 0 unspecified atom stereocenters. The van der Waals surface area contributed by atoms with Crippen LogP contribution in [0.4, 0.5) is 0 Å². The highest BCUT2D eigenvalue weighted by Crippen LogP contribution is 2.30. The number of amides is 1. The Morgan fingerprint density at radius 1 is 1.26 bits per heavy atom. The van der Waals surface area contributed by atoms with Crippen LogP contribution in [-0.4, -0.2) is 48.1 Å². The Morgan fingerprint density at radius 2 is 2.04 bits per heavy atom. The molecule has 23 heavy (non-hydrogen) atoms. The number of aromatic nitrogens is 4. The number of aliphatic hydroxyl groups excluding tert-OH is 1. The van der Waals surface area contributed by atoms with Crippen molar-refractivity contribution in [3.63, 3.8) is 0 Å². The minimum absolute atomic E-state index is 0.0136. The topological polar surface area (TPSA) is 76.2 Å². The van der Waals surface area contributed by atoms with Crippen molar-refractivity contribution in [1.82, 2.24) is 24.5 Å². The Morgan fingerprint density at radius 3 is 2.78 bits per heavy atom. The van der Waals surface area contributed by atoms with Gasteiger partial charge in [-0.1, -0.05) is 5.21 Å². The van der Waals surface area contributed by atoms with E-state index < -0.39 is 0 Å². The monoisotopic (exact) mass is 315 g/mol. The number of carbonyl (C=O) groups is 1. The van der Waals surface area contributed by atoms with Crippen molar-refractivity contribution >= 4 is 5.91 Å². The van der Waals surface area contributed by atoms with Crippen LogP contribution in [0.25, 0.3) is 0 Å². The molecule has 0 radical (unpaired) electrons. The zero-order valence-corrected chi connectivity index (χ0v) is 13.0. The molecule has 0 spiro atoms. The van der Waals surface area contributed by atoms with Crippen molar-refractivity contribution in [3.05, 3.63) is 35.9 Å². The Kier molecular flexibility index (Phi) is 3.65. The van der Waals surface area contributed by atoms with Crippen LogP contribution in [0.2, 0.25) is 0 Å². The van der Waals surface area contributed by atoms with Gasteiger partial charge in [0.15, 0.2) is 0 Å². The van der Waals surface area contributed by atoms with Crippen LogP contribution in [0.3, 0.4) is 0 Å². The summed E-state index contributed by atoms with van der Waals surface area (Å²) in [7, 11) is 0. The molecule has 2 aromatic rings. The Labute approximate surface area is 134 Å². The van der Waals surface area contributed by atoms with Crippen molar-refractivity contribution in [3.8, 4) is 0 Å². The number of aliphatic hydroxyl groups is 1. The number of nitrogens with zero attached hydrogens (tertiary/aromatic N) is 5. The highest BCUT2D eigenvalue weighted by Gasteiger charge is 2.36. The minimum atomic E-state index is -0.299. The second-order valence-corrected chi connectivity index (χ2v) is 6.50. The van der Waals surface area contributed by atoms with E-state index in [4.69, 9.17) is 0 Å². The fourth-order valence-corrected chi connectivity index (χ4v) is 3.40. The van der Waals surface area contributed by atoms with E-state index in [1.807, 2.05) is 34.1 Å². The molecule has 122 valence electrons. The van der Waals surface area contributed by atoms with E-state index >= 15 is 0 Å². The third-order valence-corrected chi connectivity index (χ3v) is 4.83. The predicted molar refractivity (Wildman–Crippen MR) is 82.3 cm³/mol. The average Bonchev–Trinajstić information content (AvgIpc) is 3.09. The first-order valence-corrected chi connectivity index (χ1v) is 8.19. The van der Waals surface area contributed by atoms with Crippen LogP contribution in [0.15, 0.2) is 24.5 Å². The average molecular weight is 315 g/mol. The van der Waals surface area contributed by atoms with E-state index in [0.717, 1.165) is 30.9 Å². The van der Waals surface area contributed by atoms with Gasteiger partial charge in [0.2, 0.25) is 5.91 Å². The highest BCUT2D eigenvalue weighted by molar-refractivity contribution is 5.79. The molecule has 1 aliphatic carbocycles. The molecular formula is C16H21N5O2. The lowest BCUT2D eigenvalue weighted by Gasteiger charge is -2.34. The number of fused-ring (bicyclic) bond motifs is 1. The molecule has 4 rings (SSSR count). The molecule has 1 N–H and O–H groups in total.